The molecule has 1 amide bonds. The molecule has 0 spiro atoms. The van der Waals surface area contributed by atoms with E-state index in [-0.39, 0.29) is 16.6 Å². The van der Waals surface area contributed by atoms with Gasteiger partial charge in [-0.1, -0.05) is 18.2 Å². The molecule has 0 fully saturated rings. The van der Waals surface area contributed by atoms with E-state index in [1.807, 2.05) is 24.3 Å². The molecule has 0 radical (unpaired) electrons. The van der Waals surface area contributed by atoms with Crippen molar-refractivity contribution in [3.63, 3.8) is 0 Å². The lowest BCUT2D eigenvalue weighted by molar-refractivity contribution is -0.114. The number of phenolic OH excluding ortho intramolecular Hbond substituents is 1. The first-order valence-electron chi connectivity index (χ1n) is 7.23. The van der Waals surface area contributed by atoms with E-state index in [2.05, 4.69) is 20.7 Å². The molecule has 0 bridgehead atoms. The molecule has 24 heavy (non-hydrogen) atoms. The minimum absolute atomic E-state index is 0.00736. The van der Waals surface area contributed by atoms with Crippen LogP contribution in [0.25, 0.3) is 4.91 Å². The van der Waals surface area contributed by atoms with Crippen LogP contribution in [0.1, 0.15) is 22.6 Å². The number of halogens is 1. The molecule has 0 saturated carbocycles. The fraction of sp³-hybridized carbons (Fsp3) is 0.118. The van der Waals surface area contributed by atoms with Crippen LogP contribution in [0.4, 0.5) is 0 Å². The van der Waals surface area contributed by atoms with E-state index in [4.69, 9.17) is 4.74 Å². The zero-order chi connectivity index (χ0) is 16.8. The molecule has 2 atom stereocenters. The molecule has 7 heteroatoms. The number of carbonyl (C=O) groups excluding carboxylic acids is 1. The quantitative estimate of drug-likeness (QED) is 0.805. The zero-order valence-corrected chi connectivity index (χ0v) is 14.7. The Hall–Kier alpha value is -2.12. The molecule has 2 heterocycles. The molecule has 5 nitrogen and oxygen atoms in total. The lowest BCUT2D eigenvalue weighted by Gasteiger charge is -2.12. The highest BCUT2D eigenvalue weighted by Gasteiger charge is 2.29. The number of hydrogen-bond donors (Lipinski definition) is 2. The molecule has 0 aliphatic carbocycles. The summed E-state index contributed by atoms with van der Waals surface area (Å²) in [6, 6.07) is 11.1. The normalized spacial score (nSPS) is 21.9. The number of para-hydroxylation sites is 1. The smallest absolute Gasteiger partial charge is 0.257 e. The summed E-state index contributed by atoms with van der Waals surface area (Å²) in [5, 5.41) is 10.4. The Morgan fingerprint density at radius 1 is 1.29 bits per heavy atom. The molecule has 0 saturated heterocycles. The minimum Gasteiger partial charge on any atom is -0.507 e. The molecular weight excluding hydrogens is 394 g/mol. The number of fused-ring (bicyclic) bond motifs is 1. The maximum atomic E-state index is 11.9. The Labute approximate surface area is 149 Å². The summed E-state index contributed by atoms with van der Waals surface area (Å²) in [7, 11) is -1.63. The Morgan fingerprint density at radius 3 is 2.83 bits per heavy atom. The van der Waals surface area contributed by atoms with Gasteiger partial charge in [0.1, 0.15) is 11.5 Å². The molecule has 2 aromatic rings. The summed E-state index contributed by atoms with van der Waals surface area (Å²) in [6.07, 6.45) is 1.25. The summed E-state index contributed by atoms with van der Waals surface area (Å²) in [4.78, 5) is 11.6. The van der Waals surface area contributed by atoms with Crippen molar-refractivity contribution in [2.24, 2.45) is 0 Å². The summed E-state index contributed by atoms with van der Waals surface area (Å²) < 4.78 is 20.8. The van der Waals surface area contributed by atoms with E-state index >= 15 is 0 Å². The topological polar surface area (TPSA) is 75.6 Å². The van der Waals surface area contributed by atoms with Crippen molar-refractivity contribution in [2.75, 3.05) is 6.61 Å². The first-order chi connectivity index (χ1) is 11.5. The van der Waals surface area contributed by atoms with E-state index in [1.54, 1.807) is 12.1 Å². The second-order valence-corrected chi connectivity index (χ2v) is 7.58. The van der Waals surface area contributed by atoms with Crippen molar-refractivity contribution < 1.29 is 18.8 Å². The number of benzene rings is 2. The van der Waals surface area contributed by atoms with Gasteiger partial charge in [-0.15, -0.1) is 0 Å². The number of nitrogens with one attached hydrogen (secondary N) is 1. The number of rotatable bonds is 2. The average Bonchev–Trinajstić information content (AvgIpc) is 3.11. The second kappa shape index (κ2) is 5.75. The Kier molecular flexibility index (Phi) is 3.69. The molecule has 2 unspecified atom stereocenters. The molecule has 122 valence electrons. The van der Waals surface area contributed by atoms with Crippen molar-refractivity contribution in [2.45, 2.75) is 5.92 Å². The number of carbonyl (C=O) groups is 1. The molecule has 2 aliphatic rings. The van der Waals surface area contributed by atoms with Crippen LogP contribution in [0, 0.1) is 0 Å². The van der Waals surface area contributed by atoms with Gasteiger partial charge >= 0.3 is 0 Å². The zero-order valence-electron chi connectivity index (χ0n) is 12.3. The molecule has 2 N–H and O–H groups in total. The number of phenols is 1. The van der Waals surface area contributed by atoms with Gasteiger partial charge in [0.05, 0.1) is 16.0 Å². The molecule has 0 aromatic heterocycles. The van der Waals surface area contributed by atoms with Gasteiger partial charge in [-0.2, -0.15) is 0 Å². The number of amides is 1. The molecule has 4 rings (SSSR count). The molecule has 2 aliphatic heterocycles. The summed E-state index contributed by atoms with van der Waals surface area (Å²) in [5.74, 6) is 0.405. The van der Waals surface area contributed by atoms with E-state index in [0.717, 1.165) is 21.3 Å². The van der Waals surface area contributed by atoms with E-state index < -0.39 is 16.9 Å². The van der Waals surface area contributed by atoms with E-state index in [9.17, 15) is 14.1 Å². The second-order valence-electron chi connectivity index (χ2n) is 5.54. The standard InChI is InChI=1S/C17H12BrNO4S/c18-13-3-1-2-10-12(8-23-17(10)13)9-4-5-11(14(20)6-9)15-7-16(21)19-24(15)22/h1-7,12,20H,8H2,(H,19,21). The van der Waals surface area contributed by atoms with Crippen molar-refractivity contribution in [1.29, 1.82) is 0 Å². The van der Waals surface area contributed by atoms with Gasteiger partial charge in [-0.25, -0.2) is 4.21 Å². The lowest BCUT2D eigenvalue weighted by Crippen LogP contribution is -2.16. The first kappa shape index (κ1) is 15.4. The highest BCUT2D eigenvalue weighted by molar-refractivity contribution is 9.10. The Balaban J connectivity index is 1.72. The van der Waals surface area contributed by atoms with Crippen LogP contribution in [-0.2, 0) is 15.8 Å². The van der Waals surface area contributed by atoms with Crippen molar-refractivity contribution >= 4 is 37.7 Å². The summed E-state index contributed by atoms with van der Waals surface area (Å²) in [5.41, 5.74) is 2.35. The largest absolute Gasteiger partial charge is 0.507 e. The van der Waals surface area contributed by atoms with Crippen LogP contribution in [-0.4, -0.2) is 21.8 Å². The SMILES string of the molecule is O=C1C=C(c2ccc(C3COc4c(Br)cccc43)cc2O)S(=O)N1. The molecular formula is C17H12BrNO4S. The first-order valence-corrected chi connectivity index (χ1v) is 9.17. The molecule has 2 aromatic carbocycles. The van der Waals surface area contributed by atoms with Crippen LogP contribution in [0.3, 0.4) is 0 Å². The third kappa shape index (κ3) is 2.44. The van der Waals surface area contributed by atoms with Crippen molar-refractivity contribution in [3.8, 4) is 11.5 Å². The van der Waals surface area contributed by atoms with Crippen LogP contribution < -0.4 is 9.46 Å². The third-order valence-corrected chi connectivity index (χ3v) is 5.86. The van der Waals surface area contributed by atoms with E-state index in [0.29, 0.717) is 12.2 Å². The Morgan fingerprint density at radius 2 is 2.12 bits per heavy atom. The van der Waals surface area contributed by atoms with Gasteiger partial charge in [-0.3, -0.25) is 9.52 Å². The van der Waals surface area contributed by atoms with Gasteiger partial charge < -0.3 is 9.84 Å². The monoisotopic (exact) mass is 405 g/mol. The average molecular weight is 406 g/mol. The van der Waals surface area contributed by atoms with Crippen LogP contribution in [0.2, 0.25) is 0 Å². The van der Waals surface area contributed by atoms with Gasteiger partial charge in [0.15, 0.2) is 11.0 Å². The van der Waals surface area contributed by atoms with Crippen LogP contribution in [0.15, 0.2) is 46.9 Å². The fourth-order valence-corrected chi connectivity index (χ4v) is 4.42. The minimum atomic E-state index is -1.63. The Bertz CT molecular complexity index is 925. The van der Waals surface area contributed by atoms with Crippen LogP contribution in [0.5, 0.6) is 11.5 Å². The highest BCUT2D eigenvalue weighted by Crippen LogP contribution is 2.43. The maximum Gasteiger partial charge on any atom is 0.257 e. The number of ether oxygens (including phenoxy) is 1. The predicted molar refractivity (Wildman–Crippen MR) is 93.8 cm³/mol. The van der Waals surface area contributed by atoms with Crippen molar-refractivity contribution in [1.82, 2.24) is 4.72 Å². The predicted octanol–water partition coefficient (Wildman–Crippen LogP) is 2.81. The van der Waals surface area contributed by atoms with Crippen molar-refractivity contribution in [3.05, 3.63) is 63.6 Å². The summed E-state index contributed by atoms with van der Waals surface area (Å²) in [6.45, 7) is 0.491. The fourth-order valence-electron chi connectivity index (χ4n) is 2.98. The highest BCUT2D eigenvalue weighted by atomic mass is 79.9. The van der Waals surface area contributed by atoms with E-state index in [1.165, 1.54) is 6.08 Å². The van der Waals surface area contributed by atoms with Gasteiger partial charge in [0, 0.05) is 23.1 Å². The summed E-state index contributed by atoms with van der Waals surface area (Å²) >= 11 is 3.48. The van der Waals surface area contributed by atoms with Gasteiger partial charge in [-0.05, 0) is 39.7 Å². The van der Waals surface area contributed by atoms with Gasteiger partial charge in [0.25, 0.3) is 5.91 Å². The number of hydrogen-bond acceptors (Lipinski definition) is 4. The maximum absolute atomic E-state index is 11.9. The third-order valence-electron chi connectivity index (χ3n) is 4.11. The lowest BCUT2D eigenvalue weighted by atomic mass is 9.92. The number of aromatic hydroxyl groups is 1. The van der Waals surface area contributed by atoms with Crippen LogP contribution >= 0.6 is 15.9 Å². The van der Waals surface area contributed by atoms with Gasteiger partial charge in [0.2, 0.25) is 0 Å².